The molecular weight excluding hydrogens is 384 g/mol. The third kappa shape index (κ3) is 2.95. The van der Waals surface area contributed by atoms with Crippen LogP contribution in [0.1, 0.15) is 40.8 Å². The predicted molar refractivity (Wildman–Crippen MR) is 107 cm³/mol. The lowest BCUT2D eigenvalue weighted by Crippen LogP contribution is -2.36. The van der Waals surface area contributed by atoms with Crippen LogP contribution in [0.5, 0.6) is 0 Å². The Morgan fingerprint density at radius 3 is 2.87 bits per heavy atom. The van der Waals surface area contributed by atoms with Crippen LogP contribution in [0.4, 0.5) is 0 Å². The summed E-state index contributed by atoms with van der Waals surface area (Å²) in [6.07, 6.45) is 6.12. The first-order valence-electron chi connectivity index (χ1n) is 9.66. The lowest BCUT2D eigenvalue weighted by molar-refractivity contribution is 0.0707. The van der Waals surface area contributed by atoms with Crippen LogP contribution in [-0.2, 0) is 0 Å². The monoisotopic (exact) mass is 402 g/mol. The Balaban J connectivity index is 1.49. The summed E-state index contributed by atoms with van der Waals surface area (Å²) < 4.78 is 6.92. The predicted octanol–water partition coefficient (Wildman–Crippen LogP) is 2.43. The molecule has 0 spiro atoms. The number of carbonyl (C=O) groups is 1. The van der Waals surface area contributed by atoms with Crippen molar-refractivity contribution in [1.82, 2.24) is 29.4 Å². The number of likely N-dealkylation sites (tertiary alicyclic amines) is 1. The van der Waals surface area contributed by atoms with Crippen LogP contribution in [0.15, 0.2) is 58.2 Å². The first kappa shape index (κ1) is 18.2. The molecule has 1 fully saturated rings. The minimum atomic E-state index is -0.378. The van der Waals surface area contributed by atoms with Gasteiger partial charge in [0.25, 0.3) is 11.5 Å². The molecule has 0 aliphatic carbocycles. The molecule has 1 amide bonds. The van der Waals surface area contributed by atoms with Crippen molar-refractivity contribution in [2.45, 2.75) is 25.8 Å². The molecule has 5 rings (SSSR count). The first-order valence-corrected chi connectivity index (χ1v) is 9.66. The minimum Gasteiger partial charge on any atom is -0.337 e. The number of carbonyl (C=O) groups excluding carboxylic acids is 1. The number of aromatic nitrogens is 5. The van der Waals surface area contributed by atoms with E-state index in [9.17, 15) is 9.59 Å². The van der Waals surface area contributed by atoms with Crippen LogP contribution in [-0.4, -0.2) is 41.9 Å². The number of amides is 1. The van der Waals surface area contributed by atoms with E-state index in [-0.39, 0.29) is 23.1 Å². The molecule has 9 nitrogen and oxygen atoms in total. The van der Waals surface area contributed by atoms with Gasteiger partial charge in [-0.3, -0.25) is 19.0 Å². The Kier molecular flexibility index (Phi) is 4.35. The number of hydrogen-bond donors (Lipinski definition) is 0. The summed E-state index contributed by atoms with van der Waals surface area (Å²) in [6.45, 7) is 2.31. The highest BCUT2D eigenvalue weighted by atomic mass is 16.5. The fraction of sp³-hybridized carbons (Fsp3) is 0.238. The third-order valence-corrected chi connectivity index (χ3v) is 5.33. The Morgan fingerprint density at radius 1 is 1.20 bits per heavy atom. The third-order valence-electron chi connectivity index (χ3n) is 5.33. The normalized spacial score (nSPS) is 16.3. The SMILES string of the molecule is Cc1cccc2ncc(C(=O)N3CCC[C@H]3c3nc(-c4ccncc4)no3)c(=O)n12. The van der Waals surface area contributed by atoms with Crippen molar-refractivity contribution in [2.75, 3.05) is 6.54 Å². The first-order chi connectivity index (χ1) is 14.6. The molecule has 1 saturated heterocycles. The zero-order valence-electron chi connectivity index (χ0n) is 16.2. The molecule has 0 N–H and O–H groups in total. The zero-order valence-corrected chi connectivity index (χ0v) is 16.2. The van der Waals surface area contributed by atoms with Crippen molar-refractivity contribution in [2.24, 2.45) is 0 Å². The van der Waals surface area contributed by atoms with Gasteiger partial charge in [0.2, 0.25) is 11.7 Å². The van der Waals surface area contributed by atoms with Crippen molar-refractivity contribution in [3.05, 3.63) is 76.4 Å². The van der Waals surface area contributed by atoms with E-state index in [1.807, 2.05) is 19.1 Å². The molecule has 0 unspecified atom stereocenters. The molecule has 1 aliphatic heterocycles. The highest BCUT2D eigenvalue weighted by molar-refractivity contribution is 5.94. The average Bonchev–Trinajstić information content (AvgIpc) is 3.44. The van der Waals surface area contributed by atoms with Crippen molar-refractivity contribution in [3.8, 4) is 11.4 Å². The molecule has 4 aromatic rings. The van der Waals surface area contributed by atoms with Gasteiger partial charge in [0.05, 0.1) is 0 Å². The molecule has 5 heterocycles. The molecule has 1 atom stereocenters. The van der Waals surface area contributed by atoms with Gasteiger partial charge in [-0.1, -0.05) is 11.2 Å². The van der Waals surface area contributed by atoms with E-state index >= 15 is 0 Å². The number of aryl methyl sites for hydroxylation is 1. The summed E-state index contributed by atoms with van der Waals surface area (Å²) in [4.78, 5) is 40.6. The fourth-order valence-corrected chi connectivity index (χ4v) is 3.83. The van der Waals surface area contributed by atoms with Gasteiger partial charge in [-0.25, -0.2) is 4.98 Å². The molecule has 9 heteroatoms. The summed E-state index contributed by atoms with van der Waals surface area (Å²) >= 11 is 0. The summed E-state index contributed by atoms with van der Waals surface area (Å²) in [5.74, 6) is 0.420. The molecule has 4 aromatic heterocycles. The van der Waals surface area contributed by atoms with Gasteiger partial charge in [-0.15, -0.1) is 0 Å². The average molecular weight is 402 g/mol. The van der Waals surface area contributed by atoms with Gasteiger partial charge in [0, 0.05) is 36.4 Å². The maximum Gasteiger partial charge on any atom is 0.270 e. The van der Waals surface area contributed by atoms with E-state index in [2.05, 4.69) is 20.1 Å². The second kappa shape index (κ2) is 7.18. The lowest BCUT2D eigenvalue weighted by Gasteiger charge is -2.21. The second-order valence-corrected chi connectivity index (χ2v) is 7.19. The molecule has 0 saturated carbocycles. The van der Waals surface area contributed by atoms with Crippen molar-refractivity contribution >= 4 is 11.6 Å². The molecule has 150 valence electrons. The molecule has 0 bridgehead atoms. The van der Waals surface area contributed by atoms with Crippen LogP contribution in [0.3, 0.4) is 0 Å². The fourth-order valence-electron chi connectivity index (χ4n) is 3.83. The molecule has 0 radical (unpaired) electrons. The topological polar surface area (TPSA) is 106 Å². The smallest absolute Gasteiger partial charge is 0.270 e. The lowest BCUT2D eigenvalue weighted by atomic mass is 10.2. The summed E-state index contributed by atoms with van der Waals surface area (Å²) in [6, 6.07) is 8.57. The maximum absolute atomic E-state index is 13.3. The summed E-state index contributed by atoms with van der Waals surface area (Å²) in [5.41, 5.74) is 1.66. The number of fused-ring (bicyclic) bond motifs is 1. The quantitative estimate of drug-likeness (QED) is 0.518. The highest BCUT2D eigenvalue weighted by Crippen LogP contribution is 2.32. The van der Waals surface area contributed by atoms with Crippen molar-refractivity contribution < 1.29 is 9.32 Å². The van der Waals surface area contributed by atoms with E-state index in [1.165, 1.54) is 10.6 Å². The van der Waals surface area contributed by atoms with Crippen LogP contribution < -0.4 is 5.56 Å². The van der Waals surface area contributed by atoms with Gasteiger partial charge in [0.1, 0.15) is 17.3 Å². The summed E-state index contributed by atoms with van der Waals surface area (Å²) in [5, 5.41) is 4.04. The Morgan fingerprint density at radius 2 is 2.03 bits per heavy atom. The van der Waals surface area contributed by atoms with E-state index in [0.29, 0.717) is 30.3 Å². The Labute approximate surface area is 171 Å². The van der Waals surface area contributed by atoms with Gasteiger partial charge >= 0.3 is 0 Å². The van der Waals surface area contributed by atoms with E-state index in [0.717, 1.165) is 17.7 Å². The number of hydrogen-bond acceptors (Lipinski definition) is 7. The molecule has 30 heavy (non-hydrogen) atoms. The van der Waals surface area contributed by atoms with E-state index in [1.54, 1.807) is 35.5 Å². The largest absolute Gasteiger partial charge is 0.337 e. The van der Waals surface area contributed by atoms with Gasteiger partial charge < -0.3 is 9.42 Å². The minimum absolute atomic E-state index is 0.0302. The van der Waals surface area contributed by atoms with Crippen molar-refractivity contribution in [1.29, 1.82) is 0 Å². The van der Waals surface area contributed by atoms with Crippen LogP contribution in [0.2, 0.25) is 0 Å². The van der Waals surface area contributed by atoms with Gasteiger partial charge in [-0.05, 0) is 44.0 Å². The summed E-state index contributed by atoms with van der Waals surface area (Å²) in [7, 11) is 0. The van der Waals surface area contributed by atoms with Crippen molar-refractivity contribution in [3.63, 3.8) is 0 Å². The Hall–Kier alpha value is -3.88. The van der Waals surface area contributed by atoms with E-state index < -0.39 is 0 Å². The number of rotatable bonds is 3. The number of nitrogens with zero attached hydrogens (tertiary/aromatic N) is 6. The zero-order chi connectivity index (χ0) is 20.7. The van der Waals surface area contributed by atoms with Gasteiger partial charge in [-0.2, -0.15) is 4.98 Å². The van der Waals surface area contributed by atoms with Crippen LogP contribution in [0, 0.1) is 6.92 Å². The van der Waals surface area contributed by atoms with Gasteiger partial charge in [0.15, 0.2) is 0 Å². The molecular formula is C21H18N6O3. The van der Waals surface area contributed by atoms with Crippen LogP contribution >= 0.6 is 0 Å². The molecule has 1 aliphatic rings. The standard InChI is InChI=1S/C21H18N6O3/c1-13-4-2-6-17-23-12-15(21(29)27(13)17)20(28)26-11-3-5-16(26)19-24-18(25-30-19)14-7-9-22-10-8-14/h2,4,6-10,12,16H,3,5,11H2,1H3/t16-/m0/s1. The number of pyridine rings is 2. The maximum atomic E-state index is 13.3. The highest BCUT2D eigenvalue weighted by Gasteiger charge is 2.36. The van der Waals surface area contributed by atoms with E-state index in [4.69, 9.17) is 4.52 Å². The molecule has 0 aromatic carbocycles. The van der Waals surface area contributed by atoms with Crippen LogP contribution in [0.25, 0.3) is 17.0 Å². The Bertz CT molecular complexity index is 1300. The second-order valence-electron chi connectivity index (χ2n) is 7.19.